The molecule has 0 spiro atoms. The summed E-state index contributed by atoms with van der Waals surface area (Å²) in [6.07, 6.45) is -2.84. The van der Waals surface area contributed by atoms with Gasteiger partial charge in [-0.25, -0.2) is 0 Å². The van der Waals surface area contributed by atoms with Gasteiger partial charge in [-0.3, -0.25) is 0 Å². The fraction of sp³-hybridized carbons (Fsp3) is 0.750. The standard InChI is InChI=1S/C16H26AsNO8S/c1-8(19)18-13-15(25-11(4)22)14(24-10(3)21)12(7-23-9(2)20)26-16(13)27-17(5)6/h12-16H,7H2,1-6H3,(H,18,19)/t12-,13+,14-,15-,16+/m1/s1. The van der Waals surface area contributed by atoms with Crippen molar-refractivity contribution in [1.29, 1.82) is 0 Å². The van der Waals surface area contributed by atoms with Gasteiger partial charge in [-0.1, -0.05) is 0 Å². The second kappa shape index (κ2) is 10.9. The summed E-state index contributed by atoms with van der Waals surface area (Å²) in [6.45, 7) is 4.86. The molecule has 11 heteroatoms. The predicted molar refractivity (Wildman–Crippen MR) is 99.1 cm³/mol. The van der Waals surface area contributed by atoms with E-state index in [1.54, 1.807) is 10.0 Å². The summed E-state index contributed by atoms with van der Waals surface area (Å²) in [5.41, 5.74) is 3.64. The SMILES string of the molecule is CC(=O)N[C@H]1[C@@H](OC(C)=O)[C@H](OC(C)=O)[C@@H](COC(C)=O)O[C@H]1S[As](C)C. The van der Waals surface area contributed by atoms with E-state index in [1.807, 2.05) is 0 Å². The normalized spacial score (nSPS) is 27.6. The number of nitrogens with one attached hydrogen (secondary N) is 1. The molecule has 0 saturated carbocycles. The Morgan fingerprint density at radius 3 is 1.96 bits per heavy atom. The molecule has 0 radical (unpaired) electrons. The molecular formula is C16H26AsNO8S. The van der Waals surface area contributed by atoms with Crippen LogP contribution in [0.15, 0.2) is 0 Å². The molecule has 5 atom stereocenters. The Kier molecular flexibility index (Phi) is 9.62. The molecule has 0 aromatic rings. The van der Waals surface area contributed by atoms with Crippen LogP contribution in [0.3, 0.4) is 0 Å². The molecule has 0 unspecified atom stereocenters. The molecule has 1 saturated heterocycles. The zero-order chi connectivity index (χ0) is 20.7. The second-order valence-electron chi connectivity index (χ2n) is 6.14. The Balaban J connectivity index is 3.27. The molecule has 1 amide bonds. The topological polar surface area (TPSA) is 117 Å². The third-order valence-electron chi connectivity index (χ3n) is 3.39. The van der Waals surface area contributed by atoms with Crippen LogP contribution in [0, 0.1) is 0 Å². The summed E-state index contributed by atoms with van der Waals surface area (Å²) >= 11 is -1.29. The predicted octanol–water partition coefficient (Wildman–Crippen LogP) is 0.627. The van der Waals surface area contributed by atoms with Gasteiger partial charge in [0.1, 0.15) is 0 Å². The quantitative estimate of drug-likeness (QED) is 0.327. The van der Waals surface area contributed by atoms with Crippen LogP contribution in [0.5, 0.6) is 0 Å². The van der Waals surface area contributed by atoms with Gasteiger partial charge < -0.3 is 0 Å². The van der Waals surface area contributed by atoms with E-state index in [4.69, 9.17) is 18.9 Å². The molecule has 1 aliphatic heterocycles. The third-order valence-corrected chi connectivity index (χ3v) is 8.38. The van der Waals surface area contributed by atoms with Crippen LogP contribution in [-0.2, 0) is 38.1 Å². The molecule has 0 aromatic heterocycles. The van der Waals surface area contributed by atoms with Crippen molar-refractivity contribution in [3.8, 4) is 0 Å². The van der Waals surface area contributed by atoms with Crippen LogP contribution in [0.2, 0.25) is 11.4 Å². The van der Waals surface area contributed by atoms with E-state index in [1.165, 1.54) is 27.7 Å². The molecule has 9 nitrogen and oxygen atoms in total. The zero-order valence-electron chi connectivity index (χ0n) is 16.2. The molecule has 154 valence electrons. The van der Waals surface area contributed by atoms with Gasteiger partial charge in [0, 0.05) is 0 Å². The fourth-order valence-electron chi connectivity index (χ4n) is 2.59. The van der Waals surface area contributed by atoms with Crippen LogP contribution >= 0.6 is 10.0 Å². The molecule has 1 heterocycles. The average Bonchev–Trinajstić information content (AvgIpc) is 2.49. The molecule has 1 rings (SSSR count). The molecule has 27 heavy (non-hydrogen) atoms. The molecule has 1 fully saturated rings. The van der Waals surface area contributed by atoms with Gasteiger partial charge in [0.2, 0.25) is 0 Å². The van der Waals surface area contributed by atoms with Gasteiger partial charge in [-0.05, 0) is 0 Å². The summed E-state index contributed by atoms with van der Waals surface area (Å²) < 4.78 is 21.8. The van der Waals surface area contributed by atoms with Crippen molar-refractivity contribution in [2.45, 2.75) is 68.9 Å². The van der Waals surface area contributed by atoms with Crippen LogP contribution < -0.4 is 5.32 Å². The number of hydrogen-bond acceptors (Lipinski definition) is 9. The minimum atomic E-state index is -1.29. The van der Waals surface area contributed by atoms with Crippen LogP contribution in [-0.4, -0.2) is 73.7 Å². The summed E-state index contributed by atoms with van der Waals surface area (Å²) in [5, 5.41) is 2.74. The van der Waals surface area contributed by atoms with E-state index in [2.05, 4.69) is 16.7 Å². The number of carbonyl (C=O) groups excluding carboxylic acids is 4. The summed E-state index contributed by atoms with van der Waals surface area (Å²) in [4.78, 5) is 46.2. The third kappa shape index (κ3) is 8.11. The van der Waals surface area contributed by atoms with Crippen molar-refractivity contribution in [2.24, 2.45) is 0 Å². The number of ether oxygens (including phenoxy) is 4. The first-order valence-corrected chi connectivity index (χ1v) is 15.1. The molecule has 0 aromatic carbocycles. The number of carbonyl (C=O) groups is 4. The first-order chi connectivity index (χ1) is 12.5. The van der Waals surface area contributed by atoms with E-state index < -0.39 is 61.2 Å². The molecule has 1 N–H and O–H groups in total. The van der Waals surface area contributed by atoms with Crippen LogP contribution in [0.1, 0.15) is 27.7 Å². The van der Waals surface area contributed by atoms with E-state index in [-0.39, 0.29) is 12.5 Å². The monoisotopic (exact) mass is 467 g/mol. The van der Waals surface area contributed by atoms with Gasteiger partial charge in [-0.2, -0.15) is 0 Å². The van der Waals surface area contributed by atoms with Gasteiger partial charge in [0.15, 0.2) is 0 Å². The first kappa shape index (κ1) is 23.8. The van der Waals surface area contributed by atoms with Gasteiger partial charge in [-0.15, -0.1) is 0 Å². The molecule has 0 aliphatic carbocycles. The summed E-state index contributed by atoms with van der Waals surface area (Å²) in [5.74, 6) is -2.06. The average molecular weight is 467 g/mol. The Morgan fingerprint density at radius 2 is 1.52 bits per heavy atom. The van der Waals surface area contributed by atoms with Crippen molar-refractivity contribution in [3.05, 3.63) is 0 Å². The van der Waals surface area contributed by atoms with Crippen molar-refractivity contribution in [2.75, 3.05) is 6.61 Å². The Labute approximate surface area is 166 Å². The molecule has 1 aliphatic rings. The number of rotatable bonds is 7. The van der Waals surface area contributed by atoms with Crippen LogP contribution in [0.25, 0.3) is 0 Å². The maximum atomic E-state index is 11.7. The zero-order valence-corrected chi connectivity index (χ0v) is 18.9. The van der Waals surface area contributed by atoms with Crippen LogP contribution in [0.4, 0.5) is 0 Å². The van der Waals surface area contributed by atoms with Crippen molar-refractivity contribution < 1.29 is 38.1 Å². The number of hydrogen-bond donors (Lipinski definition) is 1. The van der Waals surface area contributed by atoms with E-state index in [0.717, 1.165) is 0 Å². The Morgan fingerprint density at radius 1 is 0.963 bits per heavy atom. The summed E-state index contributed by atoms with van der Waals surface area (Å²) in [7, 11) is 1.55. The first-order valence-electron chi connectivity index (χ1n) is 8.25. The van der Waals surface area contributed by atoms with Crippen molar-refractivity contribution in [1.82, 2.24) is 5.32 Å². The van der Waals surface area contributed by atoms with Gasteiger partial charge >= 0.3 is 166 Å². The summed E-state index contributed by atoms with van der Waals surface area (Å²) in [6, 6.07) is -0.717. The molecular weight excluding hydrogens is 441 g/mol. The van der Waals surface area contributed by atoms with E-state index in [9.17, 15) is 19.2 Å². The van der Waals surface area contributed by atoms with E-state index >= 15 is 0 Å². The van der Waals surface area contributed by atoms with E-state index in [0.29, 0.717) is 0 Å². The minimum absolute atomic E-state index is 0.171. The number of esters is 3. The number of amides is 1. The van der Waals surface area contributed by atoms with Gasteiger partial charge in [0.25, 0.3) is 0 Å². The molecule has 0 bridgehead atoms. The van der Waals surface area contributed by atoms with Crippen molar-refractivity contribution >= 4 is 47.3 Å². The Bertz CT molecular complexity index is 573. The maximum absolute atomic E-state index is 11.7. The Hall–Kier alpha value is -1.25. The fourth-order valence-corrected chi connectivity index (χ4v) is 7.30. The second-order valence-corrected chi connectivity index (χ2v) is 15.3. The van der Waals surface area contributed by atoms with Gasteiger partial charge in [0.05, 0.1) is 0 Å². The van der Waals surface area contributed by atoms with Crippen molar-refractivity contribution in [3.63, 3.8) is 0 Å².